The number of aliphatic hydroxyl groups is 1. The van der Waals surface area contributed by atoms with E-state index in [0.717, 1.165) is 6.08 Å². The van der Waals surface area contributed by atoms with Crippen LogP contribution in [0.1, 0.15) is 6.92 Å². The van der Waals surface area contributed by atoms with Crippen LogP contribution < -0.4 is 0 Å². The van der Waals surface area contributed by atoms with Crippen molar-refractivity contribution < 1.29 is 13.9 Å². The summed E-state index contributed by atoms with van der Waals surface area (Å²) in [5.74, 6) is -2.57. The molecule has 0 bridgehead atoms. The van der Waals surface area contributed by atoms with Gasteiger partial charge in [-0.25, -0.2) is 8.78 Å². The highest BCUT2D eigenvalue weighted by molar-refractivity contribution is 5.23. The fourth-order valence-electron chi connectivity index (χ4n) is 0.288. The second-order valence-electron chi connectivity index (χ2n) is 1.61. The van der Waals surface area contributed by atoms with Gasteiger partial charge < -0.3 is 5.11 Å². The molecule has 0 saturated heterocycles. The van der Waals surface area contributed by atoms with Gasteiger partial charge in [-0.2, -0.15) is 0 Å². The van der Waals surface area contributed by atoms with E-state index in [2.05, 4.69) is 6.58 Å². The van der Waals surface area contributed by atoms with Crippen LogP contribution in [0.15, 0.2) is 36.1 Å². The molecule has 0 aromatic heterocycles. The first-order chi connectivity index (χ1) is 4.57. The molecular formula is C7H8F2O. The highest BCUT2D eigenvalue weighted by atomic mass is 19.1. The van der Waals surface area contributed by atoms with Gasteiger partial charge in [-0.15, -0.1) is 0 Å². The van der Waals surface area contributed by atoms with Crippen molar-refractivity contribution in [2.45, 2.75) is 6.92 Å². The van der Waals surface area contributed by atoms with E-state index in [0.29, 0.717) is 6.08 Å². The van der Waals surface area contributed by atoms with E-state index in [1.54, 1.807) is 0 Å². The van der Waals surface area contributed by atoms with Gasteiger partial charge in [0.15, 0.2) is 5.83 Å². The predicted octanol–water partition coefficient (Wildman–Crippen LogP) is 2.78. The maximum absolute atomic E-state index is 12.2. The van der Waals surface area contributed by atoms with E-state index in [9.17, 15) is 8.78 Å². The summed E-state index contributed by atoms with van der Waals surface area (Å²) in [7, 11) is 0. The fraction of sp³-hybridized carbons (Fsp3) is 0.143. The normalized spacial score (nSPS) is 13.5. The largest absolute Gasteiger partial charge is 0.506 e. The Labute approximate surface area is 58.0 Å². The SMILES string of the molecule is C=C(O)/C(F)=C\C(F)=C/C. The van der Waals surface area contributed by atoms with Crippen LogP contribution in [0.2, 0.25) is 0 Å². The lowest BCUT2D eigenvalue weighted by Gasteiger charge is -1.90. The van der Waals surface area contributed by atoms with Gasteiger partial charge in [0.05, 0.1) is 0 Å². The van der Waals surface area contributed by atoms with Gasteiger partial charge >= 0.3 is 0 Å². The highest BCUT2D eigenvalue weighted by Crippen LogP contribution is 2.10. The molecule has 10 heavy (non-hydrogen) atoms. The van der Waals surface area contributed by atoms with E-state index < -0.39 is 17.4 Å². The van der Waals surface area contributed by atoms with E-state index in [1.165, 1.54) is 6.92 Å². The van der Waals surface area contributed by atoms with Crippen molar-refractivity contribution in [3.05, 3.63) is 36.1 Å². The second kappa shape index (κ2) is 3.82. The van der Waals surface area contributed by atoms with Crippen LogP contribution in [0.5, 0.6) is 0 Å². The zero-order chi connectivity index (χ0) is 8.15. The molecule has 0 aliphatic rings. The molecule has 0 aromatic rings. The molecule has 3 heteroatoms. The van der Waals surface area contributed by atoms with Crippen LogP contribution >= 0.6 is 0 Å². The predicted molar refractivity (Wildman–Crippen MR) is 35.8 cm³/mol. The van der Waals surface area contributed by atoms with Gasteiger partial charge in [0, 0.05) is 6.08 Å². The van der Waals surface area contributed by atoms with Gasteiger partial charge in [-0.05, 0) is 6.92 Å². The van der Waals surface area contributed by atoms with Crippen LogP contribution in [-0.4, -0.2) is 5.11 Å². The summed E-state index contributed by atoms with van der Waals surface area (Å²) in [4.78, 5) is 0. The molecule has 0 radical (unpaired) electrons. The van der Waals surface area contributed by atoms with Crippen LogP contribution in [0, 0.1) is 0 Å². The van der Waals surface area contributed by atoms with Gasteiger partial charge in [-0.3, -0.25) is 0 Å². The maximum atomic E-state index is 12.2. The molecule has 0 rings (SSSR count). The zero-order valence-electron chi connectivity index (χ0n) is 5.56. The minimum Gasteiger partial charge on any atom is -0.506 e. The smallest absolute Gasteiger partial charge is 0.167 e. The summed E-state index contributed by atoms with van der Waals surface area (Å²) >= 11 is 0. The Morgan fingerprint density at radius 2 is 2.00 bits per heavy atom. The lowest BCUT2D eigenvalue weighted by Crippen LogP contribution is -1.78. The first kappa shape index (κ1) is 8.88. The van der Waals surface area contributed by atoms with E-state index >= 15 is 0 Å². The summed E-state index contributed by atoms with van der Waals surface area (Å²) in [6.45, 7) is 4.28. The highest BCUT2D eigenvalue weighted by Gasteiger charge is 1.97. The Hall–Kier alpha value is -1.12. The number of hydrogen-bond acceptors (Lipinski definition) is 1. The van der Waals surface area contributed by atoms with Crippen LogP contribution in [0.25, 0.3) is 0 Å². The van der Waals surface area contributed by atoms with Crippen molar-refractivity contribution in [2.75, 3.05) is 0 Å². The third-order valence-electron chi connectivity index (χ3n) is 0.816. The molecule has 0 saturated carbocycles. The molecule has 56 valence electrons. The van der Waals surface area contributed by atoms with Crippen molar-refractivity contribution >= 4 is 0 Å². The van der Waals surface area contributed by atoms with Crippen molar-refractivity contribution in [1.29, 1.82) is 0 Å². The molecule has 0 atom stereocenters. The van der Waals surface area contributed by atoms with Gasteiger partial charge in [0.25, 0.3) is 0 Å². The Morgan fingerprint density at radius 3 is 2.30 bits per heavy atom. The van der Waals surface area contributed by atoms with E-state index in [1.807, 2.05) is 0 Å². The van der Waals surface area contributed by atoms with Crippen molar-refractivity contribution in [3.8, 4) is 0 Å². The van der Waals surface area contributed by atoms with E-state index in [-0.39, 0.29) is 0 Å². The summed E-state index contributed by atoms with van der Waals surface area (Å²) < 4.78 is 24.3. The average molecular weight is 146 g/mol. The molecular weight excluding hydrogens is 138 g/mol. The first-order valence-electron chi connectivity index (χ1n) is 2.65. The van der Waals surface area contributed by atoms with Crippen LogP contribution in [-0.2, 0) is 0 Å². The third kappa shape index (κ3) is 3.02. The monoisotopic (exact) mass is 146 g/mol. The quantitative estimate of drug-likeness (QED) is 0.469. The van der Waals surface area contributed by atoms with E-state index in [4.69, 9.17) is 5.11 Å². The number of hydrogen-bond donors (Lipinski definition) is 1. The molecule has 0 amide bonds. The average Bonchev–Trinajstić information content (AvgIpc) is 1.87. The van der Waals surface area contributed by atoms with Crippen molar-refractivity contribution in [3.63, 3.8) is 0 Å². The Bertz CT molecular complexity index is 192. The number of halogens is 2. The second-order valence-corrected chi connectivity index (χ2v) is 1.61. The standard InChI is InChI=1S/C7H8F2O/c1-3-6(8)4-7(9)5(2)10/h3-4,10H,2H2,1H3/b6-3+,7-4+. The van der Waals surface area contributed by atoms with Crippen molar-refractivity contribution in [1.82, 2.24) is 0 Å². The molecule has 0 aromatic carbocycles. The van der Waals surface area contributed by atoms with Gasteiger partial charge in [-0.1, -0.05) is 12.7 Å². The Balaban J connectivity index is 4.31. The minimum atomic E-state index is -1.06. The minimum absolute atomic E-state index is 0.558. The van der Waals surface area contributed by atoms with Crippen molar-refractivity contribution in [2.24, 2.45) is 0 Å². The molecule has 1 N–H and O–H groups in total. The lowest BCUT2D eigenvalue weighted by molar-refractivity contribution is 0.391. The third-order valence-corrected chi connectivity index (χ3v) is 0.816. The first-order valence-corrected chi connectivity index (χ1v) is 2.65. The van der Waals surface area contributed by atoms with Crippen LogP contribution in [0.3, 0.4) is 0 Å². The summed E-state index contributed by atoms with van der Waals surface area (Å²) in [6.07, 6.45) is 1.63. The lowest BCUT2D eigenvalue weighted by atomic mass is 10.4. The number of rotatable bonds is 2. The fourth-order valence-corrected chi connectivity index (χ4v) is 0.288. The zero-order valence-corrected chi connectivity index (χ0v) is 5.56. The number of aliphatic hydroxyl groups excluding tert-OH is 1. The molecule has 0 fully saturated rings. The summed E-state index contributed by atoms with van der Waals surface area (Å²) in [5.41, 5.74) is 0. The topological polar surface area (TPSA) is 20.2 Å². The molecule has 0 spiro atoms. The molecule has 1 nitrogen and oxygen atoms in total. The maximum Gasteiger partial charge on any atom is 0.167 e. The molecule has 0 aliphatic carbocycles. The molecule has 0 aliphatic heterocycles. The molecule has 0 heterocycles. The van der Waals surface area contributed by atoms with Gasteiger partial charge in [0.1, 0.15) is 11.6 Å². The Morgan fingerprint density at radius 1 is 1.50 bits per heavy atom. The molecule has 0 unspecified atom stereocenters. The number of allylic oxidation sites excluding steroid dienone is 4. The van der Waals surface area contributed by atoms with Gasteiger partial charge in [0.2, 0.25) is 0 Å². The van der Waals surface area contributed by atoms with Crippen LogP contribution in [0.4, 0.5) is 8.78 Å². The summed E-state index contributed by atoms with van der Waals surface area (Å²) in [5, 5.41) is 8.33. The summed E-state index contributed by atoms with van der Waals surface area (Å²) in [6, 6.07) is 0. The Kier molecular flexibility index (Phi) is 3.39.